The molecule has 1 fully saturated rings. The minimum absolute atomic E-state index is 0.00666. The van der Waals surface area contributed by atoms with Crippen molar-refractivity contribution >= 4 is 23.6 Å². The Morgan fingerprint density at radius 1 is 0.789 bits per heavy atom. The van der Waals surface area contributed by atoms with Gasteiger partial charge in [-0.2, -0.15) is 0 Å². The molecule has 11 heteroatoms. The number of carbonyl (C=O) groups is 4. The van der Waals surface area contributed by atoms with Crippen LogP contribution in [0.1, 0.15) is 98.1 Å². The van der Waals surface area contributed by atoms with Crippen LogP contribution in [-0.4, -0.2) is 123 Å². The smallest absolute Gasteiger partial charge is 0.245 e. The Labute approximate surface area is 343 Å². The van der Waals surface area contributed by atoms with Gasteiger partial charge in [0.25, 0.3) is 0 Å². The lowest BCUT2D eigenvalue weighted by molar-refractivity contribution is -0.148. The van der Waals surface area contributed by atoms with Gasteiger partial charge in [0.1, 0.15) is 6.04 Å². The fourth-order valence-corrected chi connectivity index (χ4v) is 8.94. The lowest BCUT2D eigenvalue weighted by Crippen LogP contribution is -2.59. The minimum atomic E-state index is -0.750. The van der Waals surface area contributed by atoms with E-state index in [0.717, 1.165) is 24.0 Å². The summed E-state index contributed by atoms with van der Waals surface area (Å²) in [6, 6.07) is 18.3. The highest BCUT2D eigenvalue weighted by molar-refractivity contribution is 5.90. The summed E-state index contributed by atoms with van der Waals surface area (Å²) in [5.41, 5.74) is 2.23. The van der Waals surface area contributed by atoms with Crippen LogP contribution in [0.5, 0.6) is 0 Å². The third kappa shape index (κ3) is 12.1. The SMILES string of the molecule is CC[C@H](C)[C@@H]([C@@H](CC(=O)N1CCC[C@H]1[C@H](OC)[C@@H](C)C(=O)N[C@H](C)C(c1ccccc1)c1ccccc1)OC)N(C)C(=O)[C@@H](NC(=O)[C@H](C(C)C)N(C)C)C(C)C. The maximum atomic E-state index is 14.3. The van der Waals surface area contributed by atoms with E-state index in [0.29, 0.717) is 13.0 Å². The second-order valence-corrected chi connectivity index (χ2v) is 17.1. The zero-order valence-electron chi connectivity index (χ0n) is 37.0. The molecular formula is C46H73N5O6. The van der Waals surface area contributed by atoms with E-state index >= 15 is 0 Å². The molecule has 0 aliphatic carbocycles. The van der Waals surface area contributed by atoms with Crippen molar-refractivity contribution in [3.63, 3.8) is 0 Å². The number of rotatable bonds is 21. The van der Waals surface area contributed by atoms with Crippen molar-refractivity contribution < 1.29 is 28.7 Å². The van der Waals surface area contributed by atoms with Crippen molar-refractivity contribution in [2.45, 2.75) is 129 Å². The maximum absolute atomic E-state index is 14.3. The second-order valence-electron chi connectivity index (χ2n) is 17.1. The number of hydrogen-bond acceptors (Lipinski definition) is 7. The molecule has 57 heavy (non-hydrogen) atoms. The topological polar surface area (TPSA) is 121 Å². The van der Waals surface area contributed by atoms with Crippen molar-refractivity contribution in [2.75, 3.05) is 41.9 Å². The summed E-state index contributed by atoms with van der Waals surface area (Å²) in [4.78, 5) is 61.5. The molecule has 0 radical (unpaired) electrons. The van der Waals surface area contributed by atoms with Crippen molar-refractivity contribution in [1.82, 2.24) is 25.3 Å². The summed E-state index contributed by atoms with van der Waals surface area (Å²) < 4.78 is 12.1. The maximum Gasteiger partial charge on any atom is 0.245 e. The second kappa shape index (κ2) is 22.4. The molecule has 318 valence electrons. The number of nitrogens with one attached hydrogen (secondary N) is 2. The summed E-state index contributed by atoms with van der Waals surface area (Å²) in [6.07, 6.45) is 1.17. The first-order chi connectivity index (χ1) is 27.0. The van der Waals surface area contributed by atoms with E-state index in [1.54, 1.807) is 26.2 Å². The molecule has 9 atom stereocenters. The van der Waals surface area contributed by atoms with E-state index in [9.17, 15) is 19.2 Å². The van der Waals surface area contributed by atoms with Crippen LogP contribution in [0.15, 0.2) is 60.7 Å². The molecule has 0 aromatic heterocycles. The van der Waals surface area contributed by atoms with Crippen molar-refractivity contribution in [3.05, 3.63) is 71.8 Å². The van der Waals surface area contributed by atoms with Crippen LogP contribution < -0.4 is 10.6 Å². The number of carbonyl (C=O) groups excluding carboxylic acids is 4. The fraction of sp³-hybridized carbons (Fsp3) is 0.652. The highest BCUT2D eigenvalue weighted by atomic mass is 16.5. The molecule has 3 rings (SSSR count). The van der Waals surface area contributed by atoms with Gasteiger partial charge in [0.05, 0.1) is 42.7 Å². The Bertz CT molecular complexity index is 1510. The molecule has 2 aromatic rings. The standard InChI is InChI=1S/C46H73N5O6/c1-14-31(6)42(50(11)46(55)40(29(2)3)48-45(54)41(30(4)5)49(9)10)37(56-12)28-38(52)51-27-21-26-36(51)43(57-13)32(7)44(53)47-33(8)39(34-22-17-15-18-23-34)35-24-19-16-20-25-35/h15-20,22-25,29-33,36-37,39-43H,14,21,26-28H2,1-13H3,(H,47,53)(H,48,54)/t31-,32+,33+,36-,37+,40-,41-,42-,43+/m0/s1. The first kappa shape index (κ1) is 47.6. The van der Waals surface area contributed by atoms with Crippen LogP contribution in [0.4, 0.5) is 0 Å². The highest BCUT2D eigenvalue weighted by Crippen LogP contribution is 2.31. The zero-order chi connectivity index (χ0) is 42.6. The largest absolute Gasteiger partial charge is 0.379 e. The number of benzene rings is 2. The molecule has 0 unspecified atom stereocenters. The van der Waals surface area contributed by atoms with E-state index in [1.807, 2.05) is 102 Å². The molecule has 2 N–H and O–H groups in total. The first-order valence-electron chi connectivity index (χ1n) is 21.0. The predicted molar refractivity (Wildman–Crippen MR) is 228 cm³/mol. The average Bonchev–Trinajstić information content (AvgIpc) is 3.66. The summed E-state index contributed by atoms with van der Waals surface area (Å²) in [6.45, 7) is 16.4. The van der Waals surface area contributed by atoms with Crippen LogP contribution in [0, 0.1) is 23.7 Å². The molecular weight excluding hydrogens is 719 g/mol. The van der Waals surface area contributed by atoms with Gasteiger partial charge < -0.3 is 29.9 Å². The highest BCUT2D eigenvalue weighted by Gasteiger charge is 2.43. The molecule has 1 aliphatic heterocycles. The molecule has 1 aliphatic rings. The lowest BCUT2D eigenvalue weighted by atomic mass is 9.85. The molecule has 0 spiro atoms. The van der Waals surface area contributed by atoms with Crippen LogP contribution in [0.2, 0.25) is 0 Å². The first-order valence-corrected chi connectivity index (χ1v) is 21.0. The Kier molecular flexibility index (Phi) is 18.7. The Morgan fingerprint density at radius 3 is 1.81 bits per heavy atom. The van der Waals surface area contributed by atoms with E-state index in [-0.39, 0.29) is 71.8 Å². The van der Waals surface area contributed by atoms with Crippen molar-refractivity contribution in [3.8, 4) is 0 Å². The van der Waals surface area contributed by atoms with Gasteiger partial charge in [0.2, 0.25) is 23.6 Å². The van der Waals surface area contributed by atoms with Crippen LogP contribution in [-0.2, 0) is 28.7 Å². The lowest BCUT2D eigenvalue weighted by Gasteiger charge is -2.41. The Balaban J connectivity index is 1.80. The van der Waals surface area contributed by atoms with Crippen LogP contribution >= 0.6 is 0 Å². The number of ether oxygens (including phenoxy) is 2. The third-order valence-electron chi connectivity index (χ3n) is 12.1. The van der Waals surface area contributed by atoms with Gasteiger partial charge in [0.15, 0.2) is 0 Å². The van der Waals surface area contributed by atoms with Crippen molar-refractivity contribution in [2.24, 2.45) is 23.7 Å². The van der Waals surface area contributed by atoms with E-state index in [2.05, 4.69) is 48.7 Å². The summed E-state index contributed by atoms with van der Waals surface area (Å²) >= 11 is 0. The number of likely N-dealkylation sites (N-methyl/N-ethyl adjacent to an activating group) is 2. The average molecular weight is 792 g/mol. The van der Waals surface area contributed by atoms with Crippen LogP contribution in [0.25, 0.3) is 0 Å². The van der Waals surface area contributed by atoms with Gasteiger partial charge in [-0.1, -0.05) is 116 Å². The number of hydrogen-bond donors (Lipinski definition) is 2. The van der Waals surface area contributed by atoms with E-state index in [4.69, 9.17) is 9.47 Å². The molecule has 0 bridgehead atoms. The molecule has 1 heterocycles. The van der Waals surface area contributed by atoms with Gasteiger partial charge in [-0.15, -0.1) is 0 Å². The number of nitrogens with zero attached hydrogens (tertiary/aromatic N) is 3. The van der Waals surface area contributed by atoms with E-state index in [1.165, 1.54) is 0 Å². The number of likely N-dealkylation sites (tertiary alicyclic amines) is 1. The quantitative estimate of drug-likeness (QED) is 0.160. The van der Waals surface area contributed by atoms with Gasteiger partial charge in [0, 0.05) is 39.8 Å². The zero-order valence-corrected chi connectivity index (χ0v) is 37.0. The molecule has 0 saturated carbocycles. The monoisotopic (exact) mass is 792 g/mol. The van der Waals surface area contributed by atoms with Crippen LogP contribution in [0.3, 0.4) is 0 Å². The molecule has 11 nitrogen and oxygen atoms in total. The van der Waals surface area contributed by atoms with Gasteiger partial charge in [-0.3, -0.25) is 24.1 Å². The van der Waals surface area contributed by atoms with Gasteiger partial charge in [-0.05, 0) is 62.7 Å². The Hall–Kier alpha value is -3.80. The van der Waals surface area contributed by atoms with Crippen molar-refractivity contribution in [1.29, 1.82) is 0 Å². The normalized spacial score (nSPS) is 18.8. The number of amides is 4. The molecule has 1 saturated heterocycles. The van der Waals surface area contributed by atoms with E-state index < -0.39 is 30.2 Å². The molecule has 2 aromatic carbocycles. The predicted octanol–water partition coefficient (Wildman–Crippen LogP) is 5.97. The van der Waals surface area contributed by atoms with Gasteiger partial charge >= 0.3 is 0 Å². The minimum Gasteiger partial charge on any atom is -0.379 e. The van der Waals surface area contributed by atoms with Gasteiger partial charge in [-0.25, -0.2) is 0 Å². The fourth-order valence-electron chi connectivity index (χ4n) is 8.94. The Morgan fingerprint density at radius 2 is 1.35 bits per heavy atom. The molecule has 4 amide bonds. The number of methoxy groups -OCH3 is 2. The summed E-state index contributed by atoms with van der Waals surface area (Å²) in [5.74, 6) is -1.34. The third-order valence-corrected chi connectivity index (χ3v) is 12.1. The summed E-state index contributed by atoms with van der Waals surface area (Å²) in [7, 11) is 8.68. The summed E-state index contributed by atoms with van der Waals surface area (Å²) in [5, 5.41) is 6.35.